The van der Waals surface area contributed by atoms with Crippen molar-refractivity contribution in [3.8, 4) is 0 Å². The molecule has 0 fully saturated rings. The van der Waals surface area contributed by atoms with Crippen LogP contribution in [0, 0.1) is 0 Å². The molecule has 4 aromatic rings. The van der Waals surface area contributed by atoms with Gasteiger partial charge in [-0.2, -0.15) is 0 Å². The summed E-state index contributed by atoms with van der Waals surface area (Å²) in [6.45, 7) is 11.8. The van der Waals surface area contributed by atoms with Gasteiger partial charge >= 0.3 is 0 Å². The number of aliphatic hydroxyl groups excluding tert-OH is 1. The number of para-hydroxylation sites is 4. The normalized spacial score (nSPS) is 12.2. The summed E-state index contributed by atoms with van der Waals surface area (Å²) in [6, 6.07) is 15.8. The minimum absolute atomic E-state index is 0.0331. The number of hydrogen-bond acceptors (Lipinski definition) is 4. The molecular formula is C22H30N4O2Si. The molecule has 0 aliphatic carbocycles. The molecule has 0 atom stereocenters. The molecule has 0 spiro atoms. The second-order valence-corrected chi connectivity index (χ2v) is 13.4. The molecule has 0 amide bonds. The fourth-order valence-electron chi connectivity index (χ4n) is 2.62. The van der Waals surface area contributed by atoms with Crippen LogP contribution >= 0.6 is 0 Å². The van der Waals surface area contributed by atoms with Crippen LogP contribution < -0.4 is 0 Å². The molecule has 29 heavy (non-hydrogen) atoms. The molecule has 0 saturated heterocycles. The molecule has 0 aliphatic rings. The fraction of sp³-hybridized carbons (Fsp3) is 0.364. The molecule has 154 valence electrons. The largest absolute Gasteiger partial charge is 0.409 e. The van der Waals surface area contributed by atoms with Crippen molar-refractivity contribution in [2.24, 2.45) is 0 Å². The van der Waals surface area contributed by atoms with Gasteiger partial charge in [-0.25, -0.2) is 9.97 Å². The van der Waals surface area contributed by atoms with Crippen molar-refractivity contribution in [2.75, 3.05) is 0 Å². The highest BCUT2D eigenvalue weighted by atomic mass is 28.4. The molecule has 0 radical (unpaired) electrons. The van der Waals surface area contributed by atoms with E-state index in [2.05, 4.69) is 53.8 Å². The number of aliphatic hydroxyl groups is 1. The molecule has 0 aliphatic heterocycles. The third kappa shape index (κ3) is 5.12. The van der Waals surface area contributed by atoms with E-state index < -0.39 is 8.32 Å². The quantitative estimate of drug-likeness (QED) is 0.407. The number of nitrogens with zero attached hydrogens (tertiary/aromatic N) is 2. The van der Waals surface area contributed by atoms with Crippen LogP contribution in [0.3, 0.4) is 0 Å². The zero-order valence-corrected chi connectivity index (χ0v) is 18.8. The van der Waals surface area contributed by atoms with Gasteiger partial charge in [0, 0.05) is 0 Å². The summed E-state index contributed by atoms with van der Waals surface area (Å²) in [4.78, 5) is 15.0. The van der Waals surface area contributed by atoms with Crippen LogP contribution in [0.2, 0.25) is 18.1 Å². The van der Waals surface area contributed by atoms with Gasteiger partial charge in [0.15, 0.2) is 8.32 Å². The van der Waals surface area contributed by atoms with Gasteiger partial charge in [0.05, 0.1) is 28.7 Å². The highest BCUT2D eigenvalue weighted by molar-refractivity contribution is 6.74. The van der Waals surface area contributed by atoms with Crippen LogP contribution in [0.15, 0.2) is 48.5 Å². The highest BCUT2D eigenvalue weighted by Crippen LogP contribution is 2.36. The second kappa shape index (κ2) is 8.48. The summed E-state index contributed by atoms with van der Waals surface area (Å²) in [5, 5.41) is 8.98. The highest BCUT2D eigenvalue weighted by Gasteiger charge is 2.37. The van der Waals surface area contributed by atoms with E-state index in [1.54, 1.807) is 0 Å². The average molecular weight is 411 g/mol. The Bertz CT molecular complexity index is 1010. The van der Waals surface area contributed by atoms with E-state index in [1.165, 1.54) is 0 Å². The minimum atomic E-state index is -1.70. The van der Waals surface area contributed by atoms with Crippen LogP contribution in [0.5, 0.6) is 0 Å². The predicted octanol–water partition coefficient (Wildman–Crippen LogP) is 5.14. The predicted molar refractivity (Wildman–Crippen MR) is 120 cm³/mol. The van der Waals surface area contributed by atoms with Gasteiger partial charge in [-0.3, -0.25) is 0 Å². The molecule has 4 rings (SSSR count). The summed E-state index contributed by atoms with van der Waals surface area (Å²) in [6.07, 6.45) is 0. The Morgan fingerprint density at radius 1 is 0.862 bits per heavy atom. The third-order valence-corrected chi connectivity index (χ3v) is 9.88. The number of imidazole rings is 2. The molecule has 0 saturated carbocycles. The van der Waals surface area contributed by atoms with Gasteiger partial charge < -0.3 is 19.5 Å². The Morgan fingerprint density at radius 3 is 1.83 bits per heavy atom. The monoisotopic (exact) mass is 410 g/mol. The molecule has 3 N–H and O–H groups in total. The van der Waals surface area contributed by atoms with Crippen LogP contribution in [0.4, 0.5) is 0 Å². The third-order valence-electron chi connectivity index (χ3n) is 5.40. The Balaban J connectivity index is 0.000000186. The molecule has 6 nitrogen and oxygen atoms in total. The first-order valence-electron chi connectivity index (χ1n) is 9.82. The standard InChI is InChI=1S/C14H22N2OSi.C8H8N2O/c1-14(2,3)18(4,5)17-10-13-15-11-8-6-7-9-12(11)16-13;11-5-8-9-6-3-1-2-4-7(6)10-8/h6-9H,10H2,1-5H3,(H,15,16);1-4,11H,5H2,(H,9,10). The van der Waals surface area contributed by atoms with E-state index in [1.807, 2.05) is 48.5 Å². The lowest BCUT2D eigenvalue weighted by Gasteiger charge is -2.35. The molecule has 0 unspecified atom stereocenters. The number of aromatic amines is 2. The van der Waals surface area contributed by atoms with E-state index in [-0.39, 0.29) is 11.6 Å². The number of aromatic nitrogens is 4. The molecule has 0 bridgehead atoms. The maximum atomic E-state index is 8.74. The van der Waals surface area contributed by atoms with Gasteiger partial charge in [-0.05, 0) is 42.4 Å². The van der Waals surface area contributed by atoms with E-state index in [9.17, 15) is 0 Å². The molecule has 7 heteroatoms. The molecule has 2 aromatic carbocycles. The smallest absolute Gasteiger partial charge is 0.192 e. The first-order valence-corrected chi connectivity index (χ1v) is 12.7. The number of hydrogen-bond donors (Lipinski definition) is 3. The van der Waals surface area contributed by atoms with Gasteiger partial charge in [-0.15, -0.1) is 0 Å². The zero-order valence-electron chi connectivity index (χ0n) is 17.8. The number of H-pyrrole nitrogens is 2. The van der Waals surface area contributed by atoms with Gasteiger partial charge in [0.2, 0.25) is 0 Å². The first-order chi connectivity index (χ1) is 13.7. The number of nitrogens with one attached hydrogen (secondary N) is 2. The van der Waals surface area contributed by atoms with Gasteiger partial charge in [-0.1, -0.05) is 45.0 Å². The molecule has 2 heterocycles. The van der Waals surface area contributed by atoms with Crippen LogP contribution in [0.25, 0.3) is 22.1 Å². The lowest BCUT2D eigenvalue weighted by molar-refractivity contribution is 0.269. The van der Waals surface area contributed by atoms with Crippen molar-refractivity contribution in [2.45, 2.75) is 52.1 Å². The SMILES string of the molecule is CC(C)(C)[Si](C)(C)OCc1nc2ccccc2[nH]1.OCc1nc2ccccc2[nH]1. The maximum absolute atomic E-state index is 8.74. The molecular weight excluding hydrogens is 380 g/mol. The Labute approximate surface area is 172 Å². The topological polar surface area (TPSA) is 86.8 Å². The maximum Gasteiger partial charge on any atom is 0.192 e. The van der Waals surface area contributed by atoms with Crippen molar-refractivity contribution in [1.82, 2.24) is 19.9 Å². The van der Waals surface area contributed by atoms with Crippen LogP contribution in [-0.2, 0) is 17.6 Å². The van der Waals surface area contributed by atoms with Crippen molar-refractivity contribution in [3.05, 3.63) is 60.2 Å². The van der Waals surface area contributed by atoms with Crippen LogP contribution in [-0.4, -0.2) is 33.4 Å². The zero-order chi connectivity index (χ0) is 21.1. The Hall–Kier alpha value is -2.48. The van der Waals surface area contributed by atoms with Gasteiger partial charge in [0.25, 0.3) is 0 Å². The minimum Gasteiger partial charge on any atom is -0.409 e. The summed E-state index contributed by atoms with van der Waals surface area (Å²) < 4.78 is 6.15. The van der Waals surface area contributed by atoms with Crippen molar-refractivity contribution < 1.29 is 9.53 Å². The number of fused-ring (bicyclic) bond motifs is 2. The van der Waals surface area contributed by atoms with Crippen molar-refractivity contribution in [1.29, 1.82) is 0 Å². The lowest BCUT2D eigenvalue weighted by atomic mass is 10.2. The molecule has 2 aromatic heterocycles. The summed E-state index contributed by atoms with van der Waals surface area (Å²) in [5.41, 5.74) is 3.95. The van der Waals surface area contributed by atoms with Crippen LogP contribution in [0.1, 0.15) is 32.4 Å². The summed E-state index contributed by atoms with van der Waals surface area (Å²) >= 11 is 0. The first kappa shape index (κ1) is 21.2. The number of benzene rings is 2. The fourth-order valence-corrected chi connectivity index (χ4v) is 3.55. The van der Waals surface area contributed by atoms with E-state index >= 15 is 0 Å². The van der Waals surface area contributed by atoms with Gasteiger partial charge in [0.1, 0.15) is 18.3 Å². The Morgan fingerprint density at radius 2 is 1.34 bits per heavy atom. The lowest BCUT2D eigenvalue weighted by Crippen LogP contribution is -2.40. The van der Waals surface area contributed by atoms with Crippen molar-refractivity contribution in [3.63, 3.8) is 0 Å². The van der Waals surface area contributed by atoms with Crippen molar-refractivity contribution >= 4 is 30.4 Å². The number of rotatable bonds is 4. The van der Waals surface area contributed by atoms with E-state index in [4.69, 9.17) is 9.53 Å². The summed E-state index contributed by atoms with van der Waals surface area (Å²) in [7, 11) is -1.70. The second-order valence-electron chi connectivity index (χ2n) is 8.61. The summed E-state index contributed by atoms with van der Waals surface area (Å²) in [5.74, 6) is 1.53. The van der Waals surface area contributed by atoms with E-state index in [0.29, 0.717) is 12.4 Å². The Kier molecular flexibility index (Phi) is 6.21. The average Bonchev–Trinajstić information content (AvgIpc) is 3.29. The van der Waals surface area contributed by atoms with E-state index in [0.717, 1.165) is 27.9 Å².